The summed E-state index contributed by atoms with van der Waals surface area (Å²) < 4.78 is 2.88. The van der Waals surface area contributed by atoms with Crippen LogP contribution in [0.4, 0.5) is 0 Å². The van der Waals surface area contributed by atoms with E-state index in [1.165, 1.54) is 36.9 Å². The second-order valence-corrected chi connectivity index (χ2v) is 5.46. The number of aryl methyl sites for hydroxylation is 3. The molecule has 0 nitrogen and oxygen atoms in total. The van der Waals surface area contributed by atoms with Gasteiger partial charge in [-0.2, -0.15) is 0 Å². The molecule has 0 bridgehead atoms. The van der Waals surface area contributed by atoms with Crippen molar-refractivity contribution in [2.75, 3.05) is 0 Å². The predicted octanol–water partition coefficient (Wildman–Crippen LogP) is 4.98. The van der Waals surface area contributed by atoms with E-state index in [1.807, 2.05) is 11.3 Å². The van der Waals surface area contributed by atoms with E-state index in [2.05, 4.69) is 51.1 Å². The third kappa shape index (κ3) is 1.21. The molecule has 1 heteroatoms. The van der Waals surface area contributed by atoms with Crippen molar-refractivity contribution in [2.45, 2.75) is 20.8 Å². The number of fused-ring (bicyclic) bond motifs is 3. The van der Waals surface area contributed by atoms with Crippen LogP contribution in [0.5, 0.6) is 0 Å². The van der Waals surface area contributed by atoms with Crippen molar-refractivity contribution >= 4 is 31.5 Å². The quantitative estimate of drug-likeness (QED) is 0.507. The maximum Gasteiger partial charge on any atom is 0.0387 e. The van der Waals surface area contributed by atoms with E-state index in [9.17, 15) is 0 Å². The van der Waals surface area contributed by atoms with Gasteiger partial charge in [0.1, 0.15) is 0 Å². The first kappa shape index (κ1) is 9.86. The Balaban J connectivity index is 2.60. The molecule has 0 aliphatic heterocycles. The van der Waals surface area contributed by atoms with E-state index in [1.54, 1.807) is 0 Å². The van der Waals surface area contributed by atoms with Gasteiger partial charge in [0.25, 0.3) is 0 Å². The summed E-state index contributed by atoms with van der Waals surface area (Å²) in [5, 5.41) is 2.81. The van der Waals surface area contributed by atoms with Gasteiger partial charge in [-0.1, -0.05) is 30.3 Å². The fourth-order valence-electron chi connectivity index (χ4n) is 2.24. The largest absolute Gasteiger partial charge is 0.135 e. The number of hydrogen-bond donors (Lipinski definition) is 0. The first-order valence-electron chi connectivity index (χ1n) is 5.56. The zero-order valence-electron chi connectivity index (χ0n) is 9.79. The molecular formula is C15H14S. The molecule has 16 heavy (non-hydrogen) atoms. The van der Waals surface area contributed by atoms with Gasteiger partial charge in [0.05, 0.1) is 0 Å². The van der Waals surface area contributed by atoms with Gasteiger partial charge < -0.3 is 0 Å². The molecule has 0 saturated carbocycles. The Morgan fingerprint density at radius 1 is 0.750 bits per heavy atom. The Hall–Kier alpha value is -1.34. The molecule has 3 rings (SSSR count). The molecule has 0 spiro atoms. The first-order valence-corrected chi connectivity index (χ1v) is 6.38. The number of benzene rings is 2. The third-order valence-corrected chi connectivity index (χ3v) is 4.86. The monoisotopic (exact) mass is 226 g/mol. The van der Waals surface area contributed by atoms with E-state index in [0.29, 0.717) is 0 Å². The SMILES string of the molecule is Cc1ccc2c(sc3c(C)cccc32)c1C. The van der Waals surface area contributed by atoms with Crippen LogP contribution in [0.1, 0.15) is 16.7 Å². The molecule has 80 valence electrons. The maximum atomic E-state index is 2.26. The number of rotatable bonds is 0. The van der Waals surface area contributed by atoms with E-state index in [4.69, 9.17) is 0 Å². The average Bonchev–Trinajstić information content (AvgIpc) is 2.65. The lowest BCUT2D eigenvalue weighted by Gasteiger charge is -2.00. The maximum absolute atomic E-state index is 2.26. The summed E-state index contributed by atoms with van der Waals surface area (Å²) in [6.45, 7) is 6.61. The highest BCUT2D eigenvalue weighted by Gasteiger charge is 2.09. The molecule has 1 aromatic heterocycles. The van der Waals surface area contributed by atoms with Crippen LogP contribution in [-0.2, 0) is 0 Å². The highest BCUT2D eigenvalue weighted by atomic mass is 32.1. The van der Waals surface area contributed by atoms with Crippen LogP contribution in [0.2, 0.25) is 0 Å². The molecule has 0 saturated heterocycles. The van der Waals surface area contributed by atoms with Crippen LogP contribution in [0.15, 0.2) is 30.3 Å². The van der Waals surface area contributed by atoms with E-state index in [-0.39, 0.29) is 0 Å². The molecule has 0 fully saturated rings. The van der Waals surface area contributed by atoms with Crippen molar-refractivity contribution in [3.8, 4) is 0 Å². The predicted molar refractivity (Wildman–Crippen MR) is 73.5 cm³/mol. The van der Waals surface area contributed by atoms with Crippen molar-refractivity contribution in [3.05, 3.63) is 47.0 Å². The van der Waals surface area contributed by atoms with Crippen LogP contribution in [-0.4, -0.2) is 0 Å². The summed E-state index contributed by atoms with van der Waals surface area (Å²) in [6.07, 6.45) is 0. The lowest BCUT2D eigenvalue weighted by Crippen LogP contribution is -1.78. The summed E-state index contributed by atoms with van der Waals surface area (Å²) in [4.78, 5) is 0. The van der Waals surface area contributed by atoms with Crippen LogP contribution in [0.3, 0.4) is 0 Å². The minimum absolute atomic E-state index is 1.38. The Labute approximate surface area is 99.5 Å². The summed E-state index contributed by atoms with van der Waals surface area (Å²) in [5.74, 6) is 0. The summed E-state index contributed by atoms with van der Waals surface area (Å²) in [6, 6.07) is 11.1. The third-order valence-electron chi connectivity index (χ3n) is 3.38. The second-order valence-electron chi connectivity index (χ2n) is 4.44. The Morgan fingerprint density at radius 2 is 1.50 bits per heavy atom. The van der Waals surface area contributed by atoms with Gasteiger partial charge >= 0.3 is 0 Å². The molecule has 3 aromatic rings. The number of thiophene rings is 1. The Kier molecular flexibility index (Phi) is 2.05. The molecule has 0 amide bonds. The lowest BCUT2D eigenvalue weighted by molar-refractivity contribution is 1.39. The van der Waals surface area contributed by atoms with Crippen molar-refractivity contribution in [1.29, 1.82) is 0 Å². The van der Waals surface area contributed by atoms with Gasteiger partial charge in [0.2, 0.25) is 0 Å². The van der Waals surface area contributed by atoms with Gasteiger partial charge in [-0.25, -0.2) is 0 Å². The van der Waals surface area contributed by atoms with Crippen molar-refractivity contribution in [1.82, 2.24) is 0 Å². The summed E-state index contributed by atoms with van der Waals surface area (Å²) in [5.41, 5.74) is 4.20. The van der Waals surface area contributed by atoms with E-state index in [0.717, 1.165) is 0 Å². The fraction of sp³-hybridized carbons (Fsp3) is 0.200. The van der Waals surface area contributed by atoms with Gasteiger partial charge in [-0.05, 0) is 37.5 Å². The molecule has 0 unspecified atom stereocenters. The van der Waals surface area contributed by atoms with Crippen LogP contribution in [0, 0.1) is 20.8 Å². The summed E-state index contributed by atoms with van der Waals surface area (Å²) >= 11 is 1.93. The molecule has 1 heterocycles. The summed E-state index contributed by atoms with van der Waals surface area (Å²) in [7, 11) is 0. The molecular weight excluding hydrogens is 212 g/mol. The van der Waals surface area contributed by atoms with Gasteiger partial charge in [-0.15, -0.1) is 11.3 Å². The van der Waals surface area contributed by atoms with Crippen molar-refractivity contribution in [2.24, 2.45) is 0 Å². The minimum Gasteiger partial charge on any atom is -0.135 e. The van der Waals surface area contributed by atoms with Crippen molar-refractivity contribution in [3.63, 3.8) is 0 Å². The van der Waals surface area contributed by atoms with E-state index >= 15 is 0 Å². The Morgan fingerprint density at radius 3 is 2.31 bits per heavy atom. The molecule has 2 aromatic carbocycles. The Bertz CT molecular complexity index is 689. The average molecular weight is 226 g/mol. The van der Waals surface area contributed by atoms with Crippen molar-refractivity contribution < 1.29 is 0 Å². The topological polar surface area (TPSA) is 0 Å². The second kappa shape index (κ2) is 3.33. The highest BCUT2D eigenvalue weighted by Crippen LogP contribution is 2.38. The molecule has 0 aliphatic rings. The zero-order valence-corrected chi connectivity index (χ0v) is 10.6. The standard InChI is InChI=1S/C15H14S/c1-9-7-8-13-12-6-4-5-10(2)14(12)16-15(13)11(9)3/h4-8H,1-3H3. The van der Waals surface area contributed by atoms with Gasteiger partial charge in [0.15, 0.2) is 0 Å². The molecule has 0 N–H and O–H groups in total. The van der Waals surface area contributed by atoms with Crippen LogP contribution in [0.25, 0.3) is 20.2 Å². The molecule has 0 radical (unpaired) electrons. The first-order chi connectivity index (χ1) is 7.68. The lowest BCUT2D eigenvalue weighted by atomic mass is 10.0. The highest BCUT2D eigenvalue weighted by molar-refractivity contribution is 7.26. The number of hydrogen-bond acceptors (Lipinski definition) is 1. The van der Waals surface area contributed by atoms with Crippen LogP contribution >= 0.6 is 11.3 Å². The molecule has 0 atom stereocenters. The minimum atomic E-state index is 1.38. The smallest absolute Gasteiger partial charge is 0.0387 e. The van der Waals surface area contributed by atoms with Crippen LogP contribution < -0.4 is 0 Å². The van der Waals surface area contributed by atoms with E-state index < -0.39 is 0 Å². The molecule has 0 aliphatic carbocycles. The fourth-order valence-corrected chi connectivity index (χ4v) is 3.56. The van der Waals surface area contributed by atoms with Gasteiger partial charge in [-0.3, -0.25) is 0 Å². The van der Waals surface area contributed by atoms with Gasteiger partial charge in [0, 0.05) is 20.2 Å². The zero-order chi connectivity index (χ0) is 11.3. The normalized spacial score (nSPS) is 11.4.